The Morgan fingerprint density at radius 2 is 2.26 bits per heavy atom. The van der Waals surface area contributed by atoms with Crippen molar-refractivity contribution in [2.24, 2.45) is 0 Å². The van der Waals surface area contributed by atoms with Crippen molar-refractivity contribution in [3.05, 3.63) is 48.3 Å². The molecule has 0 radical (unpaired) electrons. The standard InChI is InChI=1S/C17H17N3O3/c1-11-17(22)20-14-9-13(5-6-15(14)23-11)19-16(21)7-4-12-3-2-8-18-10-12/h2-3,5-6,8-11H,4,7H2,1H3,(H,19,21)(H,20,22)/t11-/m1/s1. The van der Waals surface area contributed by atoms with E-state index in [0.717, 1.165) is 5.56 Å². The number of carbonyl (C=O) groups excluding carboxylic acids is 2. The van der Waals surface area contributed by atoms with Crippen LogP contribution < -0.4 is 15.4 Å². The van der Waals surface area contributed by atoms with Gasteiger partial charge in [-0.2, -0.15) is 0 Å². The number of nitrogens with zero attached hydrogens (tertiary/aromatic N) is 1. The van der Waals surface area contributed by atoms with E-state index < -0.39 is 6.10 Å². The zero-order chi connectivity index (χ0) is 16.2. The number of rotatable bonds is 4. The number of aromatic nitrogens is 1. The number of nitrogens with one attached hydrogen (secondary N) is 2. The Kier molecular flexibility index (Phi) is 4.23. The Hall–Kier alpha value is -2.89. The van der Waals surface area contributed by atoms with Gasteiger partial charge in [-0.05, 0) is 43.2 Å². The van der Waals surface area contributed by atoms with Gasteiger partial charge in [0.2, 0.25) is 5.91 Å². The summed E-state index contributed by atoms with van der Waals surface area (Å²) in [6.07, 6.45) is 3.93. The van der Waals surface area contributed by atoms with Crippen LogP contribution in [0.1, 0.15) is 18.9 Å². The van der Waals surface area contributed by atoms with Crippen LogP contribution in [-0.2, 0) is 16.0 Å². The molecule has 23 heavy (non-hydrogen) atoms. The molecule has 0 bridgehead atoms. The van der Waals surface area contributed by atoms with Gasteiger partial charge in [0, 0.05) is 24.5 Å². The molecule has 0 saturated heterocycles. The summed E-state index contributed by atoms with van der Waals surface area (Å²) in [6.45, 7) is 1.69. The summed E-state index contributed by atoms with van der Waals surface area (Å²) in [6, 6.07) is 8.97. The summed E-state index contributed by atoms with van der Waals surface area (Å²) < 4.78 is 5.48. The Bertz CT molecular complexity index is 731. The summed E-state index contributed by atoms with van der Waals surface area (Å²) in [4.78, 5) is 27.7. The van der Waals surface area contributed by atoms with E-state index in [2.05, 4.69) is 15.6 Å². The average molecular weight is 311 g/mol. The number of amides is 2. The van der Waals surface area contributed by atoms with Crippen LogP contribution in [0.4, 0.5) is 11.4 Å². The second-order valence-corrected chi connectivity index (χ2v) is 5.37. The maximum Gasteiger partial charge on any atom is 0.265 e. The topological polar surface area (TPSA) is 80.3 Å². The van der Waals surface area contributed by atoms with E-state index in [4.69, 9.17) is 4.74 Å². The predicted octanol–water partition coefficient (Wildman–Crippen LogP) is 2.37. The van der Waals surface area contributed by atoms with E-state index in [1.165, 1.54) is 0 Å². The van der Waals surface area contributed by atoms with Crippen molar-refractivity contribution in [2.45, 2.75) is 25.9 Å². The third-order valence-electron chi connectivity index (χ3n) is 3.56. The monoisotopic (exact) mass is 311 g/mol. The van der Waals surface area contributed by atoms with E-state index in [0.29, 0.717) is 30.0 Å². The summed E-state index contributed by atoms with van der Waals surface area (Å²) in [5, 5.41) is 5.58. The second kappa shape index (κ2) is 6.48. The normalized spacial score (nSPS) is 16.0. The number of benzene rings is 1. The van der Waals surface area contributed by atoms with Gasteiger partial charge in [0.1, 0.15) is 5.75 Å². The first-order chi connectivity index (χ1) is 11.1. The molecule has 0 fully saturated rings. The van der Waals surface area contributed by atoms with Gasteiger partial charge in [-0.1, -0.05) is 6.07 Å². The molecule has 0 saturated carbocycles. The SMILES string of the molecule is C[C@H]1Oc2ccc(NC(=O)CCc3cccnc3)cc2NC1=O. The Morgan fingerprint density at radius 1 is 1.39 bits per heavy atom. The molecule has 6 nitrogen and oxygen atoms in total. The molecule has 0 aliphatic carbocycles. The van der Waals surface area contributed by atoms with E-state index in [1.54, 1.807) is 37.5 Å². The van der Waals surface area contributed by atoms with Crippen LogP contribution in [0.5, 0.6) is 5.75 Å². The summed E-state index contributed by atoms with van der Waals surface area (Å²) >= 11 is 0. The maximum atomic E-state index is 12.0. The van der Waals surface area contributed by atoms with Gasteiger partial charge in [-0.25, -0.2) is 0 Å². The molecule has 1 atom stereocenters. The lowest BCUT2D eigenvalue weighted by Gasteiger charge is -2.23. The van der Waals surface area contributed by atoms with E-state index in [-0.39, 0.29) is 11.8 Å². The zero-order valence-corrected chi connectivity index (χ0v) is 12.7. The van der Waals surface area contributed by atoms with Gasteiger partial charge in [0.15, 0.2) is 6.10 Å². The van der Waals surface area contributed by atoms with Crippen molar-refractivity contribution in [1.82, 2.24) is 4.98 Å². The minimum absolute atomic E-state index is 0.0924. The second-order valence-electron chi connectivity index (χ2n) is 5.37. The van der Waals surface area contributed by atoms with Crippen LogP contribution in [0.15, 0.2) is 42.7 Å². The van der Waals surface area contributed by atoms with Crippen molar-refractivity contribution in [3.63, 3.8) is 0 Å². The van der Waals surface area contributed by atoms with E-state index in [1.807, 2.05) is 12.1 Å². The van der Waals surface area contributed by atoms with Crippen molar-refractivity contribution in [3.8, 4) is 5.75 Å². The molecule has 2 N–H and O–H groups in total. The number of pyridine rings is 1. The van der Waals surface area contributed by atoms with E-state index >= 15 is 0 Å². The molecule has 1 aromatic carbocycles. The highest BCUT2D eigenvalue weighted by Crippen LogP contribution is 2.32. The highest BCUT2D eigenvalue weighted by atomic mass is 16.5. The number of hydrogen-bond acceptors (Lipinski definition) is 4. The predicted molar refractivity (Wildman–Crippen MR) is 86.3 cm³/mol. The Morgan fingerprint density at radius 3 is 3.04 bits per heavy atom. The fourth-order valence-corrected chi connectivity index (χ4v) is 2.31. The van der Waals surface area contributed by atoms with Crippen LogP contribution in [0.2, 0.25) is 0 Å². The molecular formula is C17H17N3O3. The first-order valence-corrected chi connectivity index (χ1v) is 7.42. The quantitative estimate of drug-likeness (QED) is 0.908. The lowest BCUT2D eigenvalue weighted by molar-refractivity contribution is -0.122. The average Bonchev–Trinajstić information content (AvgIpc) is 2.55. The molecule has 3 rings (SSSR count). The smallest absolute Gasteiger partial charge is 0.265 e. The molecule has 0 unspecified atom stereocenters. The summed E-state index contributed by atoms with van der Waals surface area (Å²) in [5.41, 5.74) is 2.21. The number of carbonyl (C=O) groups is 2. The maximum absolute atomic E-state index is 12.0. The Labute approximate surface area is 133 Å². The third-order valence-corrected chi connectivity index (χ3v) is 3.56. The minimum atomic E-state index is -0.512. The minimum Gasteiger partial charge on any atom is -0.479 e. The summed E-state index contributed by atoms with van der Waals surface area (Å²) in [7, 11) is 0. The van der Waals surface area contributed by atoms with Crippen molar-refractivity contribution < 1.29 is 14.3 Å². The largest absolute Gasteiger partial charge is 0.479 e. The molecule has 2 heterocycles. The number of ether oxygens (including phenoxy) is 1. The molecular weight excluding hydrogens is 294 g/mol. The molecule has 2 aromatic rings. The summed E-state index contributed by atoms with van der Waals surface area (Å²) in [5.74, 6) is 0.313. The highest BCUT2D eigenvalue weighted by molar-refractivity contribution is 5.99. The van der Waals surface area contributed by atoms with Gasteiger partial charge in [-0.15, -0.1) is 0 Å². The van der Waals surface area contributed by atoms with Crippen LogP contribution in [0.25, 0.3) is 0 Å². The van der Waals surface area contributed by atoms with Crippen LogP contribution in [0.3, 0.4) is 0 Å². The van der Waals surface area contributed by atoms with Crippen molar-refractivity contribution >= 4 is 23.2 Å². The van der Waals surface area contributed by atoms with Gasteiger partial charge in [0.25, 0.3) is 5.91 Å². The Balaban J connectivity index is 1.61. The van der Waals surface area contributed by atoms with Crippen LogP contribution in [0, 0.1) is 0 Å². The van der Waals surface area contributed by atoms with Gasteiger partial charge >= 0.3 is 0 Å². The lowest BCUT2D eigenvalue weighted by atomic mass is 10.1. The fraction of sp³-hybridized carbons (Fsp3) is 0.235. The fourth-order valence-electron chi connectivity index (χ4n) is 2.31. The number of fused-ring (bicyclic) bond motifs is 1. The number of hydrogen-bond donors (Lipinski definition) is 2. The van der Waals surface area contributed by atoms with Crippen molar-refractivity contribution in [2.75, 3.05) is 10.6 Å². The molecule has 1 aliphatic heterocycles. The molecule has 1 aromatic heterocycles. The highest BCUT2D eigenvalue weighted by Gasteiger charge is 2.23. The van der Waals surface area contributed by atoms with Crippen LogP contribution >= 0.6 is 0 Å². The van der Waals surface area contributed by atoms with Gasteiger partial charge in [-0.3, -0.25) is 14.6 Å². The first-order valence-electron chi connectivity index (χ1n) is 7.42. The number of anilines is 2. The number of aryl methyl sites for hydroxylation is 1. The molecule has 0 spiro atoms. The van der Waals surface area contributed by atoms with E-state index in [9.17, 15) is 9.59 Å². The zero-order valence-electron chi connectivity index (χ0n) is 12.7. The molecule has 2 amide bonds. The molecule has 6 heteroatoms. The first kappa shape index (κ1) is 15.0. The molecule has 118 valence electrons. The lowest BCUT2D eigenvalue weighted by Crippen LogP contribution is -2.34. The van der Waals surface area contributed by atoms with Gasteiger partial charge < -0.3 is 15.4 Å². The van der Waals surface area contributed by atoms with Crippen molar-refractivity contribution in [1.29, 1.82) is 0 Å². The third kappa shape index (κ3) is 3.66. The van der Waals surface area contributed by atoms with Crippen LogP contribution in [-0.4, -0.2) is 22.9 Å². The van der Waals surface area contributed by atoms with Gasteiger partial charge in [0.05, 0.1) is 5.69 Å². The molecule has 1 aliphatic rings.